The summed E-state index contributed by atoms with van der Waals surface area (Å²) in [6.45, 7) is 0.0518. The van der Waals surface area contributed by atoms with Gasteiger partial charge in [-0.1, -0.05) is 17.7 Å². The zero-order valence-electron chi connectivity index (χ0n) is 9.75. The van der Waals surface area contributed by atoms with Crippen LogP contribution >= 0.6 is 22.3 Å². The van der Waals surface area contributed by atoms with Crippen LogP contribution in [0.2, 0.25) is 5.02 Å². The van der Waals surface area contributed by atoms with Crippen LogP contribution in [0, 0.1) is 0 Å². The molecule has 0 aliphatic carbocycles. The molecule has 0 saturated heterocycles. The molecule has 0 spiro atoms. The van der Waals surface area contributed by atoms with Gasteiger partial charge in [0.15, 0.2) is 5.82 Å². The van der Waals surface area contributed by atoms with E-state index >= 15 is 0 Å². The molecule has 1 aromatic carbocycles. The first-order chi connectivity index (χ1) is 8.88. The smallest absolute Gasteiger partial charge is 0.296 e. The zero-order valence-corrected chi connectivity index (χ0v) is 12.1. The summed E-state index contributed by atoms with van der Waals surface area (Å²) in [5, 5.41) is 7.44. The normalized spacial score (nSPS) is 11.5. The van der Waals surface area contributed by atoms with Gasteiger partial charge in [0, 0.05) is 22.8 Å². The highest BCUT2D eigenvalue weighted by Gasteiger charge is 2.20. The van der Waals surface area contributed by atoms with E-state index < -0.39 is 9.05 Å². The molecule has 102 valence electrons. The molecule has 0 bridgehead atoms. The first kappa shape index (κ1) is 14.1. The van der Waals surface area contributed by atoms with Crippen molar-refractivity contribution in [2.75, 3.05) is 0 Å². The predicted molar refractivity (Wildman–Crippen MR) is 69.8 cm³/mol. The highest BCUT2D eigenvalue weighted by Crippen LogP contribution is 2.19. The third-order valence-corrected chi connectivity index (χ3v) is 3.75. The Balaban J connectivity index is 2.15. The summed E-state index contributed by atoms with van der Waals surface area (Å²) in [6, 6.07) is 6.82. The second kappa shape index (κ2) is 5.36. The molecule has 19 heavy (non-hydrogen) atoms. The van der Waals surface area contributed by atoms with E-state index in [9.17, 15) is 8.42 Å². The maximum atomic E-state index is 11.2. The lowest BCUT2D eigenvalue weighted by atomic mass is 10.3. The first-order valence-electron chi connectivity index (χ1n) is 5.09. The van der Waals surface area contributed by atoms with Crippen LogP contribution in [0.1, 0.15) is 5.82 Å². The Labute approximate surface area is 119 Å². The Morgan fingerprint density at radius 2 is 2.11 bits per heavy atom. The van der Waals surface area contributed by atoms with Crippen molar-refractivity contribution >= 4 is 31.3 Å². The number of ether oxygens (including phenoxy) is 1. The minimum absolute atomic E-state index is 0.0518. The number of aromatic nitrogens is 3. The largest absolute Gasteiger partial charge is 0.486 e. The van der Waals surface area contributed by atoms with Gasteiger partial charge in [0.2, 0.25) is 0 Å². The van der Waals surface area contributed by atoms with Crippen LogP contribution in [-0.2, 0) is 22.7 Å². The molecule has 1 heterocycles. The van der Waals surface area contributed by atoms with Gasteiger partial charge in [-0.3, -0.25) is 0 Å². The molecule has 0 radical (unpaired) electrons. The summed E-state index contributed by atoms with van der Waals surface area (Å²) in [6.07, 6.45) is 0. The van der Waals surface area contributed by atoms with Crippen molar-refractivity contribution in [1.29, 1.82) is 0 Å². The van der Waals surface area contributed by atoms with Crippen molar-refractivity contribution in [3.63, 3.8) is 0 Å². The molecule has 0 amide bonds. The Hall–Kier alpha value is -1.31. The molecule has 2 rings (SSSR count). The fourth-order valence-electron chi connectivity index (χ4n) is 1.39. The molecule has 0 N–H and O–H groups in total. The molecule has 0 unspecified atom stereocenters. The average Bonchev–Trinajstić information content (AvgIpc) is 2.68. The third kappa shape index (κ3) is 3.37. The molecule has 1 aromatic heterocycles. The maximum Gasteiger partial charge on any atom is 0.296 e. The lowest BCUT2D eigenvalue weighted by molar-refractivity contribution is 0.290. The minimum Gasteiger partial charge on any atom is -0.486 e. The maximum absolute atomic E-state index is 11.2. The van der Waals surface area contributed by atoms with Crippen molar-refractivity contribution in [2.45, 2.75) is 11.8 Å². The van der Waals surface area contributed by atoms with Crippen molar-refractivity contribution in [3.05, 3.63) is 35.1 Å². The summed E-state index contributed by atoms with van der Waals surface area (Å²) in [5.74, 6) is 0.880. The van der Waals surface area contributed by atoms with Crippen molar-refractivity contribution in [2.24, 2.45) is 7.05 Å². The average molecular weight is 322 g/mol. The van der Waals surface area contributed by atoms with Gasteiger partial charge in [-0.2, -0.15) is 0 Å². The van der Waals surface area contributed by atoms with Crippen LogP contribution in [0.3, 0.4) is 0 Å². The SMILES string of the molecule is Cn1c(COc2cccc(Cl)c2)nnc1S(=O)(=O)Cl. The van der Waals surface area contributed by atoms with Crippen LogP contribution in [-0.4, -0.2) is 23.2 Å². The predicted octanol–water partition coefficient (Wildman–Crippen LogP) is 1.97. The number of halogens is 2. The van der Waals surface area contributed by atoms with Crippen LogP contribution < -0.4 is 4.74 Å². The van der Waals surface area contributed by atoms with E-state index in [1.807, 2.05) is 0 Å². The number of nitrogens with zero attached hydrogens (tertiary/aromatic N) is 3. The quantitative estimate of drug-likeness (QED) is 0.805. The molecular formula is C10H9Cl2N3O3S. The molecule has 2 aromatic rings. The number of hydrogen-bond acceptors (Lipinski definition) is 5. The first-order valence-corrected chi connectivity index (χ1v) is 7.78. The lowest BCUT2D eigenvalue weighted by Gasteiger charge is -2.06. The molecule has 9 heteroatoms. The van der Waals surface area contributed by atoms with Gasteiger partial charge in [0.1, 0.15) is 12.4 Å². The van der Waals surface area contributed by atoms with Gasteiger partial charge in [0.25, 0.3) is 14.2 Å². The van der Waals surface area contributed by atoms with Crippen molar-refractivity contribution in [3.8, 4) is 5.75 Å². The van der Waals surface area contributed by atoms with E-state index in [1.165, 1.54) is 11.6 Å². The zero-order chi connectivity index (χ0) is 14.0. The second-order valence-electron chi connectivity index (χ2n) is 3.64. The Morgan fingerprint density at radius 1 is 1.37 bits per heavy atom. The lowest BCUT2D eigenvalue weighted by Crippen LogP contribution is -2.07. The minimum atomic E-state index is -3.92. The molecule has 0 saturated carbocycles. The van der Waals surface area contributed by atoms with Crippen LogP contribution in [0.4, 0.5) is 0 Å². The summed E-state index contributed by atoms with van der Waals surface area (Å²) >= 11 is 5.81. The molecule has 0 fully saturated rings. The van der Waals surface area contributed by atoms with Gasteiger partial charge in [-0.05, 0) is 18.2 Å². The van der Waals surface area contributed by atoms with Crippen molar-refractivity contribution < 1.29 is 13.2 Å². The molecule has 6 nitrogen and oxygen atoms in total. The van der Waals surface area contributed by atoms with E-state index in [0.717, 1.165) is 0 Å². The van der Waals surface area contributed by atoms with Crippen LogP contribution in [0.5, 0.6) is 5.75 Å². The van der Waals surface area contributed by atoms with Gasteiger partial charge < -0.3 is 9.30 Å². The van der Waals surface area contributed by atoms with E-state index in [4.69, 9.17) is 27.0 Å². The van der Waals surface area contributed by atoms with E-state index in [0.29, 0.717) is 16.6 Å². The monoisotopic (exact) mass is 321 g/mol. The van der Waals surface area contributed by atoms with E-state index in [1.54, 1.807) is 24.3 Å². The summed E-state index contributed by atoms with van der Waals surface area (Å²) in [7, 11) is 2.78. The third-order valence-electron chi connectivity index (χ3n) is 2.31. The number of rotatable bonds is 4. The highest BCUT2D eigenvalue weighted by atomic mass is 35.7. The standard InChI is InChI=1S/C10H9Cl2N3O3S/c1-15-9(13-14-10(15)19(12,16)17)6-18-8-4-2-3-7(11)5-8/h2-5H,6H2,1H3. The Morgan fingerprint density at radius 3 is 2.68 bits per heavy atom. The van der Waals surface area contributed by atoms with Crippen LogP contribution in [0.25, 0.3) is 0 Å². The Bertz CT molecular complexity index is 700. The number of hydrogen-bond donors (Lipinski definition) is 0. The fourth-order valence-corrected chi connectivity index (χ4v) is 2.54. The molecule has 0 aliphatic rings. The van der Waals surface area contributed by atoms with Gasteiger partial charge >= 0.3 is 0 Å². The van der Waals surface area contributed by atoms with E-state index in [-0.39, 0.29) is 11.8 Å². The Kier molecular flexibility index (Phi) is 3.98. The fraction of sp³-hybridized carbons (Fsp3) is 0.200. The number of benzene rings is 1. The van der Waals surface area contributed by atoms with Gasteiger partial charge in [0.05, 0.1) is 0 Å². The van der Waals surface area contributed by atoms with Crippen LogP contribution in [0.15, 0.2) is 29.4 Å². The van der Waals surface area contributed by atoms with Gasteiger partial charge in [-0.15, -0.1) is 10.2 Å². The van der Waals surface area contributed by atoms with Crippen molar-refractivity contribution in [1.82, 2.24) is 14.8 Å². The summed E-state index contributed by atoms with van der Waals surface area (Å²) in [4.78, 5) is 0. The van der Waals surface area contributed by atoms with E-state index in [2.05, 4.69) is 10.2 Å². The summed E-state index contributed by atoms with van der Waals surface area (Å²) < 4.78 is 29.0. The topological polar surface area (TPSA) is 74.1 Å². The van der Waals surface area contributed by atoms with Gasteiger partial charge in [-0.25, -0.2) is 8.42 Å². The summed E-state index contributed by atoms with van der Waals surface area (Å²) in [5.41, 5.74) is 0. The molecule has 0 aliphatic heterocycles. The second-order valence-corrected chi connectivity index (χ2v) is 6.54. The molecular weight excluding hydrogens is 313 g/mol. The molecule has 0 atom stereocenters. The highest BCUT2D eigenvalue weighted by molar-refractivity contribution is 8.13.